The maximum absolute atomic E-state index is 11.8. The molecule has 0 saturated carbocycles. The number of carbonyl (C=O) groups excluding carboxylic acids is 2. The van der Waals surface area contributed by atoms with Crippen molar-refractivity contribution in [3.63, 3.8) is 0 Å². The highest BCUT2D eigenvalue weighted by molar-refractivity contribution is 5.96. The van der Waals surface area contributed by atoms with E-state index in [9.17, 15) is 9.59 Å². The van der Waals surface area contributed by atoms with Gasteiger partial charge in [0.2, 0.25) is 0 Å². The summed E-state index contributed by atoms with van der Waals surface area (Å²) in [5.41, 5.74) is 0. The number of nitrogens with one attached hydrogen (secondary N) is 2. The normalized spacial score (nSPS) is 25.4. The van der Waals surface area contributed by atoms with Crippen LogP contribution in [0.15, 0.2) is 0 Å². The molecule has 0 aromatic rings. The minimum absolute atomic E-state index is 0.288. The van der Waals surface area contributed by atoms with E-state index in [1.165, 1.54) is 0 Å². The third kappa shape index (κ3) is 3.41. The second-order valence-electron chi connectivity index (χ2n) is 4.41. The number of hydrogen-bond acceptors (Lipinski definition) is 4. The lowest BCUT2D eigenvalue weighted by Crippen LogP contribution is -2.52. The zero-order chi connectivity index (χ0) is 12.1. The summed E-state index contributed by atoms with van der Waals surface area (Å²) in [7, 11) is 0. The SMILES string of the molecule is O=C(NC(=O)N1CCCCC1)[C@@H]1CNCCO1. The van der Waals surface area contributed by atoms with Crippen LogP contribution >= 0.6 is 0 Å². The summed E-state index contributed by atoms with van der Waals surface area (Å²) in [6, 6.07) is -0.288. The summed E-state index contributed by atoms with van der Waals surface area (Å²) in [5.74, 6) is -0.340. The number of rotatable bonds is 1. The summed E-state index contributed by atoms with van der Waals surface area (Å²) < 4.78 is 5.28. The van der Waals surface area contributed by atoms with E-state index in [4.69, 9.17) is 4.74 Å². The van der Waals surface area contributed by atoms with E-state index in [0.717, 1.165) is 38.9 Å². The van der Waals surface area contributed by atoms with Crippen molar-refractivity contribution < 1.29 is 14.3 Å². The molecule has 2 aliphatic heterocycles. The number of ether oxygens (including phenoxy) is 1. The van der Waals surface area contributed by atoms with E-state index in [1.54, 1.807) is 4.90 Å². The first-order valence-electron chi connectivity index (χ1n) is 6.19. The number of imide groups is 1. The summed E-state index contributed by atoms with van der Waals surface area (Å²) >= 11 is 0. The number of likely N-dealkylation sites (tertiary alicyclic amines) is 1. The minimum Gasteiger partial charge on any atom is -0.366 e. The Labute approximate surface area is 101 Å². The molecule has 0 aromatic carbocycles. The lowest BCUT2D eigenvalue weighted by atomic mass is 10.1. The highest BCUT2D eigenvalue weighted by atomic mass is 16.5. The average molecular weight is 241 g/mol. The maximum Gasteiger partial charge on any atom is 0.324 e. The van der Waals surface area contributed by atoms with Crippen LogP contribution in [0.1, 0.15) is 19.3 Å². The first-order valence-corrected chi connectivity index (χ1v) is 6.19. The summed E-state index contributed by atoms with van der Waals surface area (Å²) in [4.78, 5) is 25.2. The van der Waals surface area contributed by atoms with Gasteiger partial charge in [-0.2, -0.15) is 0 Å². The molecule has 17 heavy (non-hydrogen) atoms. The largest absolute Gasteiger partial charge is 0.366 e. The zero-order valence-electron chi connectivity index (χ0n) is 9.91. The minimum atomic E-state index is -0.544. The third-order valence-corrected chi connectivity index (χ3v) is 3.09. The smallest absolute Gasteiger partial charge is 0.324 e. The van der Waals surface area contributed by atoms with E-state index in [-0.39, 0.29) is 11.9 Å². The predicted molar refractivity (Wildman–Crippen MR) is 61.6 cm³/mol. The number of morpholine rings is 1. The van der Waals surface area contributed by atoms with Crippen molar-refractivity contribution in [2.75, 3.05) is 32.8 Å². The monoisotopic (exact) mass is 241 g/mol. The number of nitrogens with zero attached hydrogens (tertiary/aromatic N) is 1. The third-order valence-electron chi connectivity index (χ3n) is 3.09. The predicted octanol–water partition coefficient (Wildman–Crippen LogP) is -0.303. The molecule has 0 bridgehead atoms. The summed E-state index contributed by atoms with van der Waals surface area (Å²) in [6.07, 6.45) is 2.65. The van der Waals surface area contributed by atoms with Gasteiger partial charge in [-0.25, -0.2) is 4.79 Å². The Kier molecular flexibility index (Phi) is 4.33. The van der Waals surface area contributed by atoms with Gasteiger partial charge in [0.15, 0.2) is 0 Å². The van der Waals surface area contributed by atoms with Gasteiger partial charge in [-0.3, -0.25) is 10.1 Å². The van der Waals surface area contributed by atoms with Gasteiger partial charge in [-0.15, -0.1) is 0 Å². The van der Waals surface area contributed by atoms with Crippen LogP contribution in [0.3, 0.4) is 0 Å². The van der Waals surface area contributed by atoms with Gasteiger partial charge in [0, 0.05) is 26.2 Å². The summed E-state index contributed by atoms with van der Waals surface area (Å²) in [5, 5.41) is 5.46. The molecule has 0 aliphatic carbocycles. The van der Waals surface area contributed by atoms with Crippen molar-refractivity contribution in [2.24, 2.45) is 0 Å². The van der Waals surface area contributed by atoms with Crippen molar-refractivity contribution in [2.45, 2.75) is 25.4 Å². The first kappa shape index (κ1) is 12.3. The topological polar surface area (TPSA) is 70.7 Å². The van der Waals surface area contributed by atoms with E-state index in [2.05, 4.69) is 10.6 Å². The fourth-order valence-corrected chi connectivity index (χ4v) is 2.10. The molecule has 2 N–H and O–H groups in total. The molecule has 96 valence electrons. The number of carbonyl (C=O) groups is 2. The highest BCUT2D eigenvalue weighted by Gasteiger charge is 2.25. The van der Waals surface area contributed by atoms with Crippen LogP contribution in [0.25, 0.3) is 0 Å². The molecular formula is C11H19N3O3. The molecule has 3 amide bonds. The van der Waals surface area contributed by atoms with Crippen molar-refractivity contribution in [1.82, 2.24) is 15.5 Å². The van der Waals surface area contributed by atoms with E-state index < -0.39 is 6.10 Å². The van der Waals surface area contributed by atoms with Crippen molar-refractivity contribution in [3.05, 3.63) is 0 Å². The molecule has 2 fully saturated rings. The lowest BCUT2D eigenvalue weighted by Gasteiger charge is -2.28. The fourth-order valence-electron chi connectivity index (χ4n) is 2.10. The van der Waals surface area contributed by atoms with E-state index >= 15 is 0 Å². The second-order valence-corrected chi connectivity index (χ2v) is 4.41. The molecule has 2 heterocycles. The Balaban J connectivity index is 1.78. The molecule has 2 rings (SSSR count). The van der Waals surface area contributed by atoms with E-state index in [0.29, 0.717) is 13.2 Å². The Morgan fingerprint density at radius 2 is 2.00 bits per heavy atom. The molecule has 2 saturated heterocycles. The van der Waals surface area contributed by atoms with E-state index in [1.807, 2.05) is 0 Å². The van der Waals surface area contributed by atoms with Gasteiger partial charge >= 0.3 is 6.03 Å². The fraction of sp³-hybridized carbons (Fsp3) is 0.818. The maximum atomic E-state index is 11.8. The van der Waals surface area contributed by atoms with Crippen molar-refractivity contribution in [3.8, 4) is 0 Å². The van der Waals surface area contributed by atoms with Crippen LogP contribution in [-0.2, 0) is 9.53 Å². The molecule has 0 spiro atoms. The summed E-state index contributed by atoms with van der Waals surface area (Å²) in [6.45, 7) is 3.21. The van der Waals surface area contributed by atoms with Crippen LogP contribution < -0.4 is 10.6 Å². The Hall–Kier alpha value is -1.14. The van der Waals surface area contributed by atoms with Crippen molar-refractivity contribution in [1.29, 1.82) is 0 Å². The van der Waals surface area contributed by atoms with Crippen LogP contribution in [0.5, 0.6) is 0 Å². The molecular weight excluding hydrogens is 222 g/mol. The van der Waals surface area contributed by atoms with Crippen LogP contribution in [0, 0.1) is 0 Å². The molecule has 0 unspecified atom stereocenters. The van der Waals surface area contributed by atoms with Gasteiger partial charge < -0.3 is 15.0 Å². The molecule has 1 atom stereocenters. The Morgan fingerprint density at radius 1 is 1.24 bits per heavy atom. The van der Waals surface area contributed by atoms with Gasteiger partial charge in [-0.1, -0.05) is 0 Å². The molecule has 2 aliphatic rings. The Bertz CT molecular complexity index is 256. The number of hydrogen-bond donors (Lipinski definition) is 2. The second kappa shape index (κ2) is 5.97. The lowest BCUT2D eigenvalue weighted by molar-refractivity contribution is -0.133. The van der Waals surface area contributed by atoms with Crippen LogP contribution in [0.2, 0.25) is 0 Å². The van der Waals surface area contributed by atoms with Gasteiger partial charge in [0.1, 0.15) is 6.10 Å². The highest BCUT2D eigenvalue weighted by Crippen LogP contribution is 2.08. The number of urea groups is 1. The molecule has 0 aromatic heterocycles. The molecule has 6 nitrogen and oxygen atoms in total. The Morgan fingerprint density at radius 3 is 2.65 bits per heavy atom. The quantitative estimate of drug-likeness (QED) is 0.661. The standard InChI is InChI=1S/C11H19N3O3/c15-10(9-8-12-4-7-17-9)13-11(16)14-5-2-1-3-6-14/h9,12H,1-8H2,(H,13,15,16)/t9-/m0/s1. The number of amides is 3. The van der Waals surface area contributed by atoms with Gasteiger partial charge in [-0.05, 0) is 19.3 Å². The van der Waals surface area contributed by atoms with Gasteiger partial charge in [0.05, 0.1) is 6.61 Å². The average Bonchev–Trinajstić information content (AvgIpc) is 2.40. The molecule has 0 radical (unpaired) electrons. The van der Waals surface area contributed by atoms with Crippen LogP contribution in [0.4, 0.5) is 4.79 Å². The van der Waals surface area contributed by atoms with Gasteiger partial charge in [0.25, 0.3) is 5.91 Å². The van der Waals surface area contributed by atoms with Crippen molar-refractivity contribution >= 4 is 11.9 Å². The zero-order valence-corrected chi connectivity index (χ0v) is 9.91. The first-order chi connectivity index (χ1) is 8.27. The number of piperidine rings is 1. The molecule has 6 heteroatoms. The van der Waals surface area contributed by atoms with Crippen LogP contribution in [-0.4, -0.2) is 55.7 Å².